The van der Waals surface area contributed by atoms with Crippen LogP contribution in [0.3, 0.4) is 0 Å². The molecule has 4 aromatic rings. The van der Waals surface area contributed by atoms with Crippen LogP contribution in [0.4, 0.5) is 5.69 Å². The number of rotatable bonds is 8. The number of aromatic nitrogens is 1. The molecule has 5 rings (SSSR count). The summed E-state index contributed by atoms with van der Waals surface area (Å²) in [6.45, 7) is 0.572. The molecule has 1 N–H and O–H groups in total. The van der Waals surface area contributed by atoms with E-state index in [9.17, 15) is 18.0 Å². The number of anilines is 1. The maximum atomic E-state index is 13.0. The highest BCUT2D eigenvalue weighted by Crippen LogP contribution is 2.30. The van der Waals surface area contributed by atoms with Gasteiger partial charge in [0.25, 0.3) is 5.91 Å². The summed E-state index contributed by atoms with van der Waals surface area (Å²) in [6, 6.07) is 16.2. The quantitative estimate of drug-likeness (QED) is 0.327. The number of hydrogen-bond donors (Lipinski definition) is 1. The van der Waals surface area contributed by atoms with Gasteiger partial charge in [-0.15, -0.1) is 0 Å². The van der Waals surface area contributed by atoms with E-state index in [2.05, 4.69) is 10.3 Å². The lowest BCUT2D eigenvalue weighted by molar-refractivity contribution is -0.119. The molecule has 1 saturated heterocycles. The molecule has 1 aliphatic rings. The summed E-state index contributed by atoms with van der Waals surface area (Å²) in [5.74, 6) is -0.712. The van der Waals surface area contributed by atoms with E-state index in [-0.39, 0.29) is 35.0 Å². The number of esters is 1. The highest BCUT2D eigenvalue weighted by atomic mass is 32.2. The Balaban J connectivity index is 1.29. The van der Waals surface area contributed by atoms with E-state index >= 15 is 0 Å². The number of methoxy groups -OCH3 is 1. The fraction of sp³-hybridized carbons (Fsp3) is 0.222. The Morgan fingerprint density at radius 2 is 1.85 bits per heavy atom. The van der Waals surface area contributed by atoms with Crippen LogP contribution in [-0.4, -0.2) is 69.6 Å². The van der Waals surface area contributed by atoms with Crippen molar-refractivity contribution in [3.05, 3.63) is 72.5 Å². The average Bonchev–Trinajstić information content (AvgIpc) is 3.51. The lowest BCUT2D eigenvalue weighted by Crippen LogP contribution is -2.40. The summed E-state index contributed by atoms with van der Waals surface area (Å²) < 4.78 is 48.5. The molecular formula is C27H25N3O8S. The molecule has 39 heavy (non-hydrogen) atoms. The molecule has 0 saturated carbocycles. The second-order valence-corrected chi connectivity index (χ2v) is 10.5. The van der Waals surface area contributed by atoms with Gasteiger partial charge in [-0.05, 0) is 36.4 Å². The highest BCUT2D eigenvalue weighted by molar-refractivity contribution is 7.89. The van der Waals surface area contributed by atoms with Crippen LogP contribution in [0.15, 0.2) is 76.2 Å². The van der Waals surface area contributed by atoms with Gasteiger partial charge in [-0.1, -0.05) is 18.2 Å². The number of hydrogen-bond acceptors (Lipinski definition) is 9. The number of carbonyl (C=O) groups is 2. The molecule has 1 aliphatic heterocycles. The number of sulfonamides is 1. The van der Waals surface area contributed by atoms with Gasteiger partial charge in [-0.3, -0.25) is 4.79 Å². The van der Waals surface area contributed by atoms with Crippen molar-refractivity contribution >= 4 is 38.5 Å². The van der Waals surface area contributed by atoms with Crippen molar-refractivity contribution < 1.29 is 36.6 Å². The van der Waals surface area contributed by atoms with E-state index in [1.807, 2.05) is 0 Å². The number of nitrogens with zero attached hydrogens (tertiary/aromatic N) is 2. The number of benzene rings is 2. The molecule has 202 valence electrons. The second-order valence-electron chi connectivity index (χ2n) is 8.55. The molecule has 0 spiro atoms. The highest BCUT2D eigenvalue weighted by Gasteiger charge is 2.27. The van der Waals surface area contributed by atoms with E-state index in [1.54, 1.807) is 42.5 Å². The van der Waals surface area contributed by atoms with Crippen molar-refractivity contribution in [1.82, 2.24) is 9.29 Å². The van der Waals surface area contributed by atoms with Crippen LogP contribution < -0.4 is 10.1 Å². The zero-order chi connectivity index (χ0) is 27.4. The third-order valence-corrected chi connectivity index (χ3v) is 7.99. The van der Waals surface area contributed by atoms with E-state index in [4.69, 9.17) is 18.6 Å². The fourth-order valence-electron chi connectivity index (χ4n) is 4.16. The first-order valence-corrected chi connectivity index (χ1v) is 13.5. The summed E-state index contributed by atoms with van der Waals surface area (Å²) in [4.78, 5) is 30.2. The van der Waals surface area contributed by atoms with Gasteiger partial charge in [0.05, 0.1) is 48.2 Å². The molecule has 12 heteroatoms. The monoisotopic (exact) mass is 551 g/mol. The molecule has 0 aliphatic carbocycles. The number of furan rings is 1. The van der Waals surface area contributed by atoms with Crippen molar-refractivity contribution in [2.24, 2.45) is 0 Å². The van der Waals surface area contributed by atoms with Crippen LogP contribution in [0.5, 0.6) is 5.75 Å². The van der Waals surface area contributed by atoms with Crippen LogP contribution in [0.1, 0.15) is 10.4 Å². The average molecular weight is 552 g/mol. The topological polar surface area (TPSA) is 137 Å². The van der Waals surface area contributed by atoms with Crippen LogP contribution in [-0.2, 0) is 24.3 Å². The van der Waals surface area contributed by atoms with Crippen molar-refractivity contribution in [2.45, 2.75) is 4.90 Å². The molecule has 0 unspecified atom stereocenters. The Morgan fingerprint density at radius 3 is 2.59 bits per heavy atom. The van der Waals surface area contributed by atoms with Crippen molar-refractivity contribution in [3.63, 3.8) is 0 Å². The van der Waals surface area contributed by atoms with Gasteiger partial charge in [0, 0.05) is 24.5 Å². The summed E-state index contributed by atoms with van der Waals surface area (Å²) >= 11 is 0. The van der Waals surface area contributed by atoms with Crippen LogP contribution >= 0.6 is 0 Å². The third kappa shape index (κ3) is 5.62. The molecule has 2 aromatic heterocycles. The Morgan fingerprint density at radius 1 is 1.05 bits per heavy atom. The van der Waals surface area contributed by atoms with E-state index < -0.39 is 28.5 Å². The van der Waals surface area contributed by atoms with Crippen molar-refractivity contribution in [2.75, 3.05) is 45.3 Å². The summed E-state index contributed by atoms with van der Waals surface area (Å²) in [5.41, 5.74) is 1.48. The zero-order valence-corrected chi connectivity index (χ0v) is 21.8. The van der Waals surface area contributed by atoms with Crippen molar-refractivity contribution in [1.29, 1.82) is 0 Å². The molecule has 11 nitrogen and oxygen atoms in total. The molecule has 3 heterocycles. The standard InChI is InChI=1S/C27H25N3O8S/c1-35-25-15-18(39(33,34)30-10-13-36-14-11-30)8-9-22(25)29-26(31)17-38-27(32)20-16-23(24-7-4-12-37-24)28-21-6-3-2-5-19(20)21/h2-9,12,15-16H,10-11,13-14,17H2,1H3,(H,29,31). The SMILES string of the molecule is COc1cc(S(=O)(=O)N2CCOCC2)ccc1NC(=O)COC(=O)c1cc(-c2ccco2)nc2ccccc12. The van der Waals surface area contributed by atoms with Crippen LogP contribution in [0.2, 0.25) is 0 Å². The largest absolute Gasteiger partial charge is 0.495 e. The molecule has 0 bridgehead atoms. The Bertz CT molecular complexity index is 1610. The molecule has 0 atom stereocenters. The van der Waals surface area contributed by atoms with Gasteiger partial charge < -0.3 is 23.9 Å². The van der Waals surface area contributed by atoms with Gasteiger partial charge in [-0.25, -0.2) is 18.2 Å². The molecular weight excluding hydrogens is 526 g/mol. The Hall–Kier alpha value is -4.26. The number of carbonyl (C=O) groups excluding carboxylic acids is 2. The predicted octanol–water partition coefficient (Wildman–Crippen LogP) is 3.32. The van der Waals surface area contributed by atoms with Gasteiger partial charge in [0.2, 0.25) is 10.0 Å². The molecule has 1 amide bonds. The number of ether oxygens (including phenoxy) is 3. The minimum Gasteiger partial charge on any atom is -0.495 e. The normalized spacial score (nSPS) is 14.2. The van der Waals surface area contributed by atoms with Crippen LogP contribution in [0, 0.1) is 0 Å². The zero-order valence-electron chi connectivity index (χ0n) is 21.0. The number of nitrogens with one attached hydrogen (secondary N) is 1. The summed E-state index contributed by atoms with van der Waals surface area (Å²) in [5, 5.41) is 3.17. The number of amides is 1. The first kappa shape index (κ1) is 26.4. The third-order valence-electron chi connectivity index (χ3n) is 6.10. The first-order chi connectivity index (χ1) is 18.9. The van der Waals surface area contributed by atoms with E-state index in [0.717, 1.165) is 0 Å². The van der Waals surface area contributed by atoms with Gasteiger partial charge >= 0.3 is 5.97 Å². The predicted molar refractivity (Wildman–Crippen MR) is 141 cm³/mol. The molecule has 1 fully saturated rings. The lowest BCUT2D eigenvalue weighted by atomic mass is 10.1. The fourth-order valence-corrected chi connectivity index (χ4v) is 5.59. The number of para-hydroxylation sites is 1. The summed E-state index contributed by atoms with van der Waals surface area (Å²) in [6.07, 6.45) is 1.51. The maximum Gasteiger partial charge on any atom is 0.339 e. The van der Waals surface area contributed by atoms with Crippen LogP contribution in [0.25, 0.3) is 22.4 Å². The minimum absolute atomic E-state index is 0.0302. The number of pyridine rings is 1. The lowest BCUT2D eigenvalue weighted by Gasteiger charge is -2.26. The molecule has 2 aromatic carbocycles. The van der Waals surface area contributed by atoms with Crippen molar-refractivity contribution in [3.8, 4) is 17.2 Å². The Labute approximate surface area is 224 Å². The van der Waals surface area contributed by atoms with Gasteiger partial charge in [0.15, 0.2) is 12.4 Å². The van der Waals surface area contributed by atoms with E-state index in [1.165, 1.54) is 35.9 Å². The smallest absolute Gasteiger partial charge is 0.339 e. The van der Waals surface area contributed by atoms with E-state index in [0.29, 0.717) is 35.6 Å². The summed E-state index contributed by atoms with van der Waals surface area (Å²) in [7, 11) is -2.39. The minimum atomic E-state index is -3.75. The van der Waals surface area contributed by atoms with Gasteiger partial charge in [0.1, 0.15) is 11.4 Å². The molecule has 0 radical (unpaired) electrons. The maximum absolute atomic E-state index is 13.0. The number of fused-ring (bicyclic) bond motifs is 1. The van der Waals surface area contributed by atoms with Gasteiger partial charge in [-0.2, -0.15) is 4.31 Å². The first-order valence-electron chi connectivity index (χ1n) is 12.0. The second kappa shape index (κ2) is 11.2. The Kier molecular flexibility index (Phi) is 7.59. The number of morpholine rings is 1.